The smallest absolute Gasteiger partial charge is 0.263 e. The van der Waals surface area contributed by atoms with Gasteiger partial charge < -0.3 is 0 Å². The normalized spacial score (nSPS) is 34.8. The lowest BCUT2D eigenvalue weighted by molar-refractivity contribution is 0.298. The molecule has 0 saturated heterocycles. The molecular formula is C20H25NO2S. The van der Waals surface area contributed by atoms with Crippen LogP contribution in [0.25, 0.3) is 0 Å². The van der Waals surface area contributed by atoms with Crippen LogP contribution >= 0.6 is 0 Å². The highest BCUT2D eigenvalue weighted by atomic mass is 32.2. The Morgan fingerprint density at radius 1 is 1.08 bits per heavy atom. The maximum Gasteiger partial charge on any atom is 0.263 e. The van der Waals surface area contributed by atoms with Crippen molar-refractivity contribution in [1.29, 1.82) is 0 Å². The van der Waals surface area contributed by atoms with Crippen molar-refractivity contribution in [2.75, 3.05) is 6.54 Å². The summed E-state index contributed by atoms with van der Waals surface area (Å²) < 4.78 is 27.7. The molecule has 1 saturated carbocycles. The zero-order valence-electron chi connectivity index (χ0n) is 14.8. The Hall–Kier alpha value is -1.55. The van der Waals surface area contributed by atoms with Gasteiger partial charge in [0.15, 0.2) is 0 Å². The first-order valence-electron chi connectivity index (χ1n) is 8.64. The van der Waals surface area contributed by atoms with Crippen LogP contribution in [0.15, 0.2) is 52.6 Å². The predicted octanol–water partition coefficient (Wildman–Crippen LogP) is 4.27. The molecule has 128 valence electrons. The zero-order chi connectivity index (χ0) is 17.3. The van der Waals surface area contributed by atoms with Gasteiger partial charge in [-0.3, -0.25) is 4.31 Å². The summed E-state index contributed by atoms with van der Waals surface area (Å²) >= 11 is 0. The van der Waals surface area contributed by atoms with Crippen LogP contribution in [0, 0.1) is 23.7 Å². The summed E-state index contributed by atoms with van der Waals surface area (Å²) in [6.45, 7) is 9.30. The number of hydrogen-bond acceptors (Lipinski definition) is 2. The molecule has 0 aromatic heterocycles. The van der Waals surface area contributed by atoms with E-state index in [0.29, 0.717) is 17.4 Å². The third-order valence-electron chi connectivity index (χ3n) is 6.85. The largest absolute Gasteiger partial charge is 0.273 e. The molecule has 0 unspecified atom stereocenters. The van der Waals surface area contributed by atoms with E-state index in [1.165, 1.54) is 11.1 Å². The Labute approximate surface area is 145 Å². The van der Waals surface area contributed by atoms with E-state index in [0.717, 1.165) is 18.4 Å². The lowest BCUT2D eigenvalue weighted by atomic mass is 9.82. The minimum absolute atomic E-state index is 0.0864. The van der Waals surface area contributed by atoms with Crippen LogP contribution in [-0.2, 0) is 10.0 Å². The molecule has 2 aliphatic carbocycles. The fraction of sp³-hybridized carbons (Fsp3) is 0.500. The molecule has 1 heterocycles. The molecule has 1 fully saturated rings. The van der Waals surface area contributed by atoms with Gasteiger partial charge in [-0.15, -0.1) is 0 Å². The van der Waals surface area contributed by atoms with E-state index in [1.807, 2.05) is 25.3 Å². The van der Waals surface area contributed by atoms with Crippen molar-refractivity contribution in [2.45, 2.75) is 45.4 Å². The third-order valence-corrected chi connectivity index (χ3v) is 8.59. The summed E-state index contributed by atoms with van der Waals surface area (Å²) in [6.07, 6.45) is 6.08. The van der Waals surface area contributed by atoms with E-state index in [9.17, 15) is 8.42 Å². The fourth-order valence-electron chi connectivity index (χ4n) is 4.93. The number of rotatable bonds is 2. The lowest BCUT2D eigenvalue weighted by Gasteiger charge is -2.34. The molecule has 3 aliphatic rings. The number of fused-ring (bicyclic) bond motifs is 1. The highest BCUT2D eigenvalue weighted by Gasteiger charge is 2.74. The standard InChI is InChI=1S/C20H25NO2S/c1-14-5-7-17(8-6-14)24(22,23)21-10-9-19(4)18-11-15(2)16(3)12-20(18,19)13-21/h5-10,18H,11-13H2,1-4H3/t18-,19+,20+/m1/s1. The van der Waals surface area contributed by atoms with E-state index in [2.05, 4.69) is 26.8 Å². The van der Waals surface area contributed by atoms with Crippen molar-refractivity contribution < 1.29 is 8.42 Å². The van der Waals surface area contributed by atoms with Gasteiger partial charge in [0.25, 0.3) is 10.0 Å². The van der Waals surface area contributed by atoms with Crippen LogP contribution in [0.4, 0.5) is 0 Å². The Bertz CT molecular complexity index is 865. The van der Waals surface area contributed by atoms with Crippen LogP contribution in [-0.4, -0.2) is 19.3 Å². The van der Waals surface area contributed by atoms with Crippen molar-refractivity contribution in [3.8, 4) is 0 Å². The van der Waals surface area contributed by atoms with Crippen molar-refractivity contribution in [3.63, 3.8) is 0 Å². The van der Waals surface area contributed by atoms with Crippen LogP contribution < -0.4 is 0 Å². The summed E-state index contributed by atoms with van der Waals surface area (Å²) in [5, 5.41) is 0. The quantitative estimate of drug-likeness (QED) is 0.752. The first-order chi connectivity index (χ1) is 11.2. The molecule has 24 heavy (non-hydrogen) atoms. The minimum Gasteiger partial charge on any atom is -0.273 e. The first-order valence-corrected chi connectivity index (χ1v) is 10.1. The highest BCUT2D eigenvalue weighted by Crippen LogP contribution is 2.77. The molecule has 0 N–H and O–H groups in total. The van der Waals surface area contributed by atoms with Gasteiger partial charge in [-0.05, 0) is 57.1 Å². The van der Waals surface area contributed by atoms with E-state index in [4.69, 9.17) is 0 Å². The van der Waals surface area contributed by atoms with Crippen molar-refractivity contribution in [2.24, 2.45) is 16.7 Å². The van der Waals surface area contributed by atoms with Gasteiger partial charge in [-0.1, -0.05) is 41.8 Å². The van der Waals surface area contributed by atoms with Crippen LogP contribution in [0.1, 0.15) is 39.2 Å². The van der Waals surface area contributed by atoms with Crippen molar-refractivity contribution in [1.82, 2.24) is 4.31 Å². The second-order valence-corrected chi connectivity index (χ2v) is 10.0. The Morgan fingerprint density at radius 3 is 2.42 bits per heavy atom. The van der Waals surface area contributed by atoms with E-state index >= 15 is 0 Å². The molecule has 0 radical (unpaired) electrons. The van der Waals surface area contributed by atoms with Gasteiger partial charge in [0.1, 0.15) is 0 Å². The fourth-order valence-corrected chi connectivity index (χ4v) is 6.30. The molecular weight excluding hydrogens is 318 g/mol. The number of allylic oxidation sites excluding steroid dienone is 3. The number of aryl methyl sites for hydroxylation is 1. The second-order valence-electron chi connectivity index (χ2n) is 8.11. The molecule has 0 bridgehead atoms. The molecule has 3 nitrogen and oxygen atoms in total. The molecule has 1 aliphatic heterocycles. The summed E-state index contributed by atoms with van der Waals surface area (Å²) in [7, 11) is -3.47. The van der Waals surface area contributed by atoms with E-state index < -0.39 is 10.0 Å². The van der Waals surface area contributed by atoms with Crippen molar-refractivity contribution in [3.05, 3.63) is 53.3 Å². The number of sulfonamides is 1. The Kier molecular flexibility index (Phi) is 3.16. The molecule has 4 heteroatoms. The average molecular weight is 343 g/mol. The number of nitrogens with zero attached hydrogens (tertiary/aromatic N) is 1. The van der Waals surface area contributed by atoms with E-state index in [-0.39, 0.29) is 10.8 Å². The van der Waals surface area contributed by atoms with Gasteiger partial charge in [0, 0.05) is 18.2 Å². The number of hydrogen-bond donors (Lipinski definition) is 0. The molecule has 4 rings (SSSR count). The van der Waals surface area contributed by atoms with Crippen molar-refractivity contribution >= 4 is 10.0 Å². The molecule has 0 amide bonds. The predicted molar refractivity (Wildman–Crippen MR) is 95.8 cm³/mol. The molecule has 3 atom stereocenters. The van der Waals surface area contributed by atoms with Gasteiger partial charge >= 0.3 is 0 Å². The number of benzene rings is 1. The summed E-state index contributed by atoms with van der Waals surface area (Å²) in [5.41, 5.74) is 4.23. The highest BCUT2D eigenvalue weighted by molar-refractivity contribution is 7.89. The van der Waals surface area contributed by atoms with Crippen LogP contribution in [0.3, 0.4) is 0 Å². The summed E-state index contributed by atoms with van der Waals surface area (Å²) in [6, 6.07) is 7.15. The maximum absolute atomic E-state index is 13.0. The topological polar surface area (TPSA) is 37.4 Å². The van der Waals surface area contributed by atoms with Gasteiger partial charge in [-0.2, -0.15) is 0 Å². The molecule has 1 aromatic rings. The third kappa shape index (κ3) is 1.92. The molecule has 1 aromatic carbocycles. The van der Waals surface area contributed by atoms with Gasteiger partial charge in [0.2, 0.25) is 0 Å². The lowest BCUT2D eigenvalue weighted by Crippen LogP contribution is -2.37. The van der Waals surface area contributed by atoms with Gasteiger partial charge in [-0.25, -0.2) is 8.42 Å². The van der Waals surface area contributed by atoms with Gasteiger partial charge in [0.05, 0.1) is 4.90 Å². The minimum atomic E-state index is -3.47. The maximum atomic E-state index is 13.0. The monoisotopic (exact) mass is 343 g/mol. The van der Waals surface area contributed by atoms with E-state index in [1.54, 1.807) is 16.4 Å². The average Bonchev–Trinajstić information content (AvgIpc) is 3.06. The molecule has 1 spiro atoms. The summed E-state index contributed by atoms with van der Waals surface area (Å²) in [5.74, 6) is 0.572. The van der Waals surface area contributed by atoms with Crippen LogP contribution in [0.5, 0.6) is 0 Å². The summed E-state index contributed by atoms with van der Waals surface area (Å²) in [4.78, 5) is 0.384. The Balaban J connectivity index is 1.69. The SMILES string of the molecule is CC1=C(C)C[C@@]23CN(S(=O)(=O)c4ccc(C)cc4)C=C[C@@]2(C)[C@H]3C1. The van der Waals surface area contributed by atoms with Crippen LogP contribution in [0.2, 0.25) is 0 Å². The second kappa shape index (κ2) is 4.75. The zero-order valence-corrected chi connectivity index (χ0v) is 15.7. The first kappa shape index (κ1) is 15.9. The Morgan fingerprint density at radius 2 is 1.75 bits per heavy atom.